The van der Waals surface area contributed by atoms with Crippen LogP contribution in [0.25, 0.3) is 0 Å². The molecule has 0 aromatic heterocycles. The molecule has 2 aromatic rings. The van der Waals surface area contributed by atoms with Gasteiger partial charge in [-0.25, -0.2) is 0 Å². The molecule has 8 nitrogen and oxygen atoms in total. The smallest absolute Gasteiger partial charge is 0.471 e. The zero-order valence-electron chi connectivity index (χ0n) is 21.7. The Morgan fingerprint density at radius 2 is 1.68 bits per heavy atom. The van der Waals surface area contributed by atoms with Crippen molar-refractivity contribution in [1.82, 2.24) is 10.2 Å². The van der Waals surface area contributed by atoms with Gasteiger partial charge in [-0.05, 0) is 49.7 Å². The summed E-state index contributed by atoms with van der Waals surface area (Å²) in [4.78, 5) is 35.3. The summed E-state index contributed by atoms with van der Waals surface area (Å²) in [5.41, 5.74) is -1.60. The number of anilines is 1. The Bertz CT molecular complexity index is 1450. The zero-order chi connectivity index (χ0) is 31.2. The lowest BCUT2D eigenvalue weighted by molar-refractivity contribution is -0.170. The molecule has 0 bridgehead atoms. The number of nitrogens with one attached hydrogen (secondary N) is 2. The molecular formula is C24H24F8N4O4S. The molecule has 2 aromatic carbocycles. The standard InChI is InChI=1S/C24H24F8N4O4S/c1-4-36(23(39)24(25,26)27)15-6-13(7-16(9-15)41(28,29,30,31)32)19(37)12-35-11-14-8-20(40-5-2)18(22(38)34-3)10-17(14)21(35)33/h6-10,33H,4-5,11-12H2,1-3H3,(H,34,38). The number of Topliss-reactive ketones (excluding diaryl/α,β-unsaturated/α-hetero) is 1. The largest absolute Gasteiger partial charge is 0.493 e. The molecule has 1 aliphatic heterocycles. The molecule has 1 heterocycles. The second-order valence-electron chi connectivity index (χ2n) is 8.88. The van der Waals surface area contributed by atoms with Gasteiger partial charge in [0.1, 0.15) is 16.5 Å². The van der Waals surface area contributed by atoms with Crippen LogP contribution >= 0.6 is 10.2 Å². The summed E-state index contributed by atoms with van der Waals surface area (Å²) in [7, 11) is -9.18. The molecule has 2 amide bonds. The van der Waals surface area contributed by atoms with Gasteiger partial charge in [0.25, 0.3) is 5.91 Å². The van der Waals surface area contributed by atoms with Crippen molar-refractivity contribution in [2.45, 2.75) is 31.5 Å². The molecule has 0 atom stereocenters. The topological polar surface area (TPSA) is 103 Å². The second kappa shape index (κ2) is 9.88. The average Bonchev–Trinajstić information content (AvgIpc) is 3.15. The molecule has 17 heteroatoms. The average molecular weight is 617 g/mol. The summed E-state index contributed by atoms with van der Waals surface area (Å²) in [6.07, 6.45) is -5.55. The third-order valence-electron chi connectivity index (χ3n) is 6.02. The van der Waals surface area contributed by atoms with Gasteiger partial charge in [-0.2, -0.15) is 13.2 Å². The van der Waals surface area contributed by atoms with Gasteiger partial charge in [-0.1, -0.05) is 19.4 Å². The van der Waals surface area contributed by atoms with Crippen LogP contribution in [0.5, 0.6) is 5.75 Å². The highest BCUT2D eigenvalue weighted by Crippen LogP contribution is 3.02. The molecule has 3 rings (SSSR count). The van der Waals surface area contributed by atoms with E-state index in [0.717, 1.165) is 11.8 Å². The van der Waals surface area contributed by atoms with Crippen LogP contribution in [-0.4, -0.2) is 61.3 Å². The van der Waals surface area contributed by atoms with Gasteiger partial charge in [0.15, 0.2) is 5.78 Å². The van der Waals surface area contributed by atoms with E-state index in [-0.39, 0.29) is 52.9 Å². The van der Waals surface area contributed by atoms with E-state index in [9.17, 15) is 47.0 Å². The molecular weight excluding hydrogens is 592 g/mol. The van der Waals surface area contributed by atoms with E-state index in [1.54, 1.807) is 6.92 Å². The van der Waals surface area contributed by atoms with Crippen LogP contribution in [0, 0.1) is 5.41 Å². The summed E-state index contributed by atoms with van der Waals surface area (Å²) in [6.45, 7) is 0.968. The Morgan fingerprint density at radius 3 is 2.20 bits per heavy atom. The first kappa shape index (κ1) is 31.6. The van der Waals surface area contributed by atoms with Gasteiger partial charge in [0.2, 0.25) is 0 Å². The highest BCUT2D eigenvalue weighted by molar-refractivity contribution is 8.45. The molecule has 41 heavy (non-hydrogen) atoms. The third-order valence-corrected chi connectivity index (χ3v) is 7.14. The minimum Gasteiger partial charge on any atom is -0.493 e. The van der Waals surface area contributed by atoms with Gasteiger partial charge >= 0.3 is 22.3 Å². The van der Waals surface area contributed by atoms with Crippen LogP contribution in [0.1, 0.15) is 45.7 Å². The number of hydrogen-bond donors (Lipinski definition) is 2. The summed E-state index contributed by atoms with van der Waals surface area (Å²) < 4.78 is 113. The Hall–Kier alpha value is -3.89. The van der Waals surface area contributed by atoms with Crippen molar-refractivity contribution in [3.63, 3.8) is 0 Å². The van der Waals surface area contributed by atoms with Gasteiger partial charge in [0.05, 0.1) is 18.7 Å². The molecule has 226 valence electrons. The van der Waals surface area contributed by atoms with Crippen molar-refractivity contribution in [2.75, 3.05) is 31.6 Å². The monoisotopic (exact) mass is 616 g/mol. The van der Waals surface area contributed by atoms with Crippen LogP contribution in [0.4, 0.5) is 38.3 Å². The van der Waals surface area contributed by atoms with Gasteiger partial charge in [-0.3, -0.25) is 19.8 Å². The molecule has 2 N–H and O–H groups in total. The first-order valence-corrected chi connectivity index (χ1v) is 13.7. The number of alkyl halides is 3. The van der Waals surface area contributed by atoms with Gasteiger partial charge < -0.3 is 19.9 Å². The predicted molar refractivity (Wildman–Crippen MR) is 134 cm³/mol. The number of nitrogens with zero attached hydrogens (tertiary/aromatic N) is 2. The SMILES string of the molecule is CCOc1cc2c(cc1C(=O)NC)C(=N)N(CC(=O)c1cc(N(CC)C(=O)C(F)(F)F)cc(S(F)(F)(F)(F)F)c1)C2. The van der Waals surface area contributed by atoms with Crippen molar-refractivity contribution in [1.29, 1.82) is 5.41 Å². The number of rotatable bonds is 9. The van der Waals surface area contributed by atoms with E-state index < -0.39 is 63.2 Å². The maximum Gasteiger partial charge on any atom is 0.471 e. The molecule has 0 saturated carbocycles. The maximum atomic E-state index is 13.7. The minimum atomic E-state index is -10.5. The molecule has 0 fully saturated rings. The first-order chi connectivity index (χ1) is 18.6. The maximum absolute atomic E-state index is 13.7. The third kappa shape index (κ3) is 6.71. The molecule has 0 radical (unpaired) electrons. The van der Waals surface area contributed by atoms with Gasteiger partial charge in [-0.15, -0.1) is 0 Å². The number of ether oxygens (including phenoxy) is 1. The molecule has 1 aliphatic rings. The number of hydrogen-bond acceptors (Lipinski definition) is 5. The Morgan fingerprint density at radius 1 is 1.05 bits per heavy atom. The van der Waals surface area contributed by atoms with E-state index in [2.05, 4.69) is 5.32 Å². The summed E-state index contributed by atoms with van der Waals surface area (Å²) in [5.74, 6) is -4.58. The van der Waals surface area contributed by atoms with E-state index in [1.165, 1.54) is 19.2 Å². The van der Waals surface area contributed by atoms with Crippen molar-refractivity contribution in [2.24, 2.45) is 0 Å². The zero-order valence-corrected chi connectivity index (χ0v) is 22.5. The Kier molecular flexibility index (Phi) is 7.63. The Balaban J connectivity index is 2.04. The number of carbonyl (C=O) groups excluding carboxylic acids is 3. The van der Waals surface area contributed by atoms with Crippen LogP contribution in [0.2, 0.25) is 0 Å². The fraction of sp³-hybridized carbons (Fsp3) is 0.333. The quantitative estimate of drug-likeness (QED) is 0.264. The van der Waals surface area contributed by atoms with Crippen LogP contribution in [-0.2, 0) is 11.3 Å². The van der Waals surface area contributed by atoms with E-state index in [1.807, 2.05) is 0 Å². The predicted octanol–water partition coefficient (Wildman–Crippen LogP) is 6.04. The lowest BCUT2D eigenvalue weighted by Crippen LogP contribution is -2.41. The fourth-order valence-corrected chi connectivity index (χ4v) is 4.83. The number of amides is 2. The van der Waals surface area contributed by atoms with Crippen LogP contribution in [0.15, 0.2) is 35.2 Å². The van der Waals surface area contributed by atoms with Gasteiger partial charge in [0, 0.05) is 37.0 Å². The second-order valence-corrected chi connectivity index (χ2v) is 11.3. The lowest BCUT2D eigenvalue weighted by atomic mass is 10.0. The number of benzene rings is 2. The number of carbonyl (C=O) groups is 3. The number of amidine groups is 1. The number of ketones is 1. The summed E-state index contributed by atoms with van der Waals surface area (Å²) in [6, 6.07) is 2.74. The summed E-state index contributed by atoms with van der Waals surface area (Å²) >= 11 is 0. The number of fused-ring (bicyclic) bond motifs is 1. The molecule has 0 saturated heterocycles. The molecule has 0 spiro atoms. The normalized spacial score (nSPS) is 15.1. The minimum absolute atomic E-state index is 0.0632. The van der Waals surface area contributed by atoms with E-state index >= 15 is 0 Å². The van der Waals surface area contributed by atoms with E-state index in [0.29, 0.717) is 11.6 Å². The van der Waals surface area contributed by atoms with E-state index in [4.69, 9.17) is 10.1 Å². The number of halogens is 8. The van der Waals surface area contributed by atoms with Crippen molar-refractivity contribution >= 4 is 39.3 Å². The highest BCUT2D eigenvalue weighted by atomic mass is 32.5. The van der Waals surface area contributed by atoms with Crippen molar-refractivity contribution in [3.05, 3.63) is 52.6 Å². The van der Waals surface area contributed by atoms with Crippen molar-refractivity contribution in [3.8, 4) is 5.75 Å². The fourth-order valence-electron chi connectivity index (χ4n) is 4.13. The highest BCUT2D eigenvalue weighted by Gasteiger charge is 2.65. The van der Waals surface area contributed by atoms with Crippen molar-refractivity contribution < 1.29 is 51.7 Å². The van der Waals surface area contributed by atoms with Crippen LogP contribution < -0.4 is 15.0 Å². The molecule has 0 unspecified atom stereocenters. The Labute approximate surface area is 228 Å². The molecule has 0 aliphatic carbocycles. The summed E-state index contributed by atoms with van der Waals surface area (Å²) in [5, 5.41) is 10.8. The lowest BCUT2D eigenvalue weighted by Gasteiger charge is -2.41. The van der Waals surface area contributed by atoms with Crippen LogP contribution in [0.3, 0.4) is 0 Å². The first-order valence-electron chi connectivity index (χ1n) is 11.8.